The summed E-state index contributed by atoms with van der Waals surface area (Å²) in [6, 6.07) is 13.7. The normalized spacial score (nSPS) is 14.6. The van der Waals surface area contributed by atoms with Crippen molar-refractivity contribution < 1.29 is 14.0 Å². The average molecular weight is 354 g/mol. The van der Waals surface area contributed by atoms with Gasteiger partial charge in [-0.05, 0) is 35.7 Å². The standard InChI is InChI=1S/C21H23FN2O2/c1-15(2)16-7-9-17(10-8-16)20(25)23-11-13-24(14-12-23)21(26)18-5-3-4-6-19(18)22/h3-10,15H,11-14H2,1-2H3. The van der Waals surface area contributed by atoms with Gasteiger partial charge in [0, 0.05) is 31.7 Å². The maximum Gasteiger partial charge on any atom is 0.256 e. The Kier molecular flexibility index (Phi) is 5.35. The van der Waals surface area contributed by atoms with Gasteiger partial charge in [-0.15, -0.1) is 0 Å². The van der Waals surface area contributed by atoms with E-state index in [1.807, 2.05) is 24.3 Å². The molecule has 0 N–H and O–H groups in total. The van der Waals surface area contributed by atoms with Crippen LogP contribution in [0.2, 0.25) is 0 Å². The molecule has 0 saturated carbocycles. The molecule has 0 spiro atoms. The second kappa shape index (κ2) is 7.68. The number of hydrogen-bond acceptors (Lipinski definition) is 2. The van der Waals surface area contributed by atoms with Gasteiger partial charge in [0.05, 0.1) is 5.56 Å². The molecular weight excluding hydrogens is 331 g/mol. The molecule has 3 rings (SSSR count). The molecule has 26 heavy (non-hydrogen) atoms. The third-order valence-corrected chi connectivity index (χ3v) is 4.78. The fourth-order valence-corrected chi connectivity index (χ4v) is 3.11. The van der Waals surface area contributed by atoms with Gasteiger partial charge in [0.2, 0.25) is 0 Å². The van der Waals surface area contributed by atoms with Gasteiger partial charge in [-0.2, -0.15) is 0 Å². The summed E-state index contributed by atoms with van der Waals surface area (Å²) in [6.07, 6.45) is 0. The number of amides is 2. The first-order valence-electron chi connectivity index (χ1n) is 8.90. The van der Waals surface area contributed by atoms with E-state index in [0.717, 1.165) is 0 Å². The molecule has 0 unspecified atom stereocenters. The molecule has 2 aromatic carbocycles. The molecule has 0 bridgehead atoms. The lowest BCUT2D eigenvalue weighted by atomic mass is 10.0. The summed E-state index contributed by atoms with van der Waals surface area (Å²) in [7, 11) is 0. The largest absolute Gasteiger partial charge is 0.335 e. The van der Waals surface area contributed by atoms with Crippen molar-refractivity contribution in [2.75, 3.05) is 26.2 Å². The maximum absolute atomic E-state index is 13.8. The van der Waals surface area contributed by atoms with E-state index in [4.69, 9.17) is 0 Å². The minimum atomic E-state index is -0.513. The summed E-state index contributed by atoms with van der Waals surface area (Å²) < 4.78 is 13.8. The second-order valence-electron chi connectivity index (χ2n) is 6.84. The lowest BCUT2D eigenvalue weighted by Crippen LogP contribution is -2.50. The van der Waals surface area contributed by atoms with Crippen LogP contribution in [0.15, 0.2) is 48.5 Å². The number of hydrogen-bond donors (Lipinski definition) is 0. The minimum Gasteiger partial charge on any atom is -0.335 e. The first kappa shape index (κ1) is 18.1. The number of piperazine rings is 1. The van der Waals surface area contributed by atoms with Gasteiger partial charge in [-0.25, -0.2) is 4.39 Å². The van der Waals surface area contributed by atoms with Gasteiger partial charge in [0.1, 0.15) is 5.82 Å². The number of carbonyl (C=O) groups is 2. The summed E-state index contributed by atoms with van der Waals surface area (Å²) >= 11 is 0. The predicted octanol–water partition coefficient (Wildman–Crippen LogP) is 3.55. The summed E-state index contributed by atoms with van der Waals surface area (Å²) in [5, 5.41) is 0. The fraction of sp³-hybridized carbons (Fsp3) is 0.333. The maximum atomic E-state index is 13.8. The number of nitrogens with zero attached hydrogens (tertiary/aromatic N) is 2. The topological polar surface area (TPSA) is 40.6 Å². The van der Waals surface area contributed by atoms with Crippen LogP contribution in [-0.4, -0.2) is 47.8 Å². The van der Waals surface area contributed by atoms with Crippen molar-refractivity contribution >= 4 is 11.8 Å². The van der Waals surface area contributed by atoms with Crippen molar-refractivity contribution in [2.45, 2.75) is 19.8 Å². The zero-order valence-electron chi connectivity index (χ0n) is 15.1. The molecule has 1 fully saturated rings. The molecule has 4 nitrogen and oxygen atoms in total. The minimum absolute atomic E-state index is 0.0294. The smallest absolute Gasteiger partial charge is 0.256 e. The van der Waals surface area contributed by atoms with Crippen molar-refractivity contribution in [2.24, 2.45) is 0 Å². The highest BCUT2D eigenvalue weighted by molar-refractivity contribution is 5.96. The predicted molar refractivity (Wildman–Crippen MR) is 98.7 cm³/mol. The van der Waals surface area contributed by atoms with Crippen LogP contribution in [0.25, 0.3) is 0 Å². The summed E-state index contributed by atoms with van der Waals surface area (Å²) in [6.45, 7) is 5.94. The van der Waals surface area contributed by atoms with Crippen LogP contribution in [-0.2, 0) is 0 Å². The SMILES string of the molecule is CC(C)c1ccc(C(=O)N2CCN(C(=O)c3ccccc3F)CC2)cc1. The Bertz CT molecular complexity index is 794. The van der Waals surface area contributed by atoms with Crippen molar-refractivity contribution in [3.05, 3.63) is 71.0 Å². The third-order valence-electron chi connectivity index (χ3n) is 4.78. The zero-order valence-corrected chi connectivity index (χ0v) is 15.1. The third kappa shape index (κ3) is 3.77. The zero-order chi connectivity index (χ0) is 18.7. The van der Waals surface area contributed by atoms with Crippen LogP contribution in [0.3, 0.4) is 0 Å². The molecule has 1 saturated heterocycles. The van der Waals surface area contributed by atoms with Gasteiger partial charge < -0.3 is 9.80 Å². The van der Waals surface area contributed by atoms with Crippen LogP contribution >= 0.6 is 0 Å². The van der Waals surface area contributed by atoms with E-state index in [2.05, 4.69) is 13.8 Å². The van der Waals surface area contributed by atoms with Gasteiger partial charge in [0.25, 0.3) is 11.8 Å². The Balaban J connectivity index is 1.62. The molecular formula is C21H23FN2O2. The van der Waals surface area contributed by atoms with Gasteiger partial charge in [-0.3, -0.25) is 9.59 Å². The Labute approximate surface area is 153 Å². The molecule has 0 radical (unpaired) electrons. The highest BCUT2D eigenvalue weighted by Crippen LogP contribution is 2.17. The Morgan fingerprint density at radius 2 is 1.38 bits per heavy atom. The van der Waals surface area contributed by atoms with E-state index in [9.17, 15) is 14.0 Å². The lowest BCUT2D eigenvalue weighted by Gasteiger charge is -2.35. The van der Waals surface area contributed by atoms with Gasteiger partial charge in [-0.1, -0.05) is 38.1 Å². The molecule has 2 amide bonds. The average Bonchev–Trinajstić information content (AvgIpc) is 2.67. The molecule has 2 aromatic rings. The first-order valence-corrected chi connectivity index (χ1v) is 8.90. The molecule has 1 heterocycles. The summed E-state index contributed by atoms with van der Waals surface area (Å²) in [5.74, 6) is -0.442. The first-order chi connectivity index (χ1) is 12.5. The van der Waals surface area contributed by atoms with Gasteiger partial charge in [0.15, 0.2) is 0 Å². The van der Waals surface area contributed by atoms with Crippen molar-refractivity contribution in [1.82, 2.24) is 9.80 Å². The van der Waals surface area contributed by atoms with E-state index in [0.29, 0.717) is 37.7 Å². The second-order valence-corrected chi connectivity index (χ2v) is 6.84. The monoisotopic (exact) mass is 354 g/mol. The van der Waals surface area contributed by atoms with E-state index >= 15 is 0 Å². The number of halogens is 1. The van der Waals surface area contributed by atoms with Crippen LogP contribution in [0.1, 0.15) is 46.0 Å². The number of rotatable bonds is 3. The van der Waals surface area contributed by atoms with E-state index in [1.54, 1.807) is 21.9 Å². The fourth-order valence-electron chi connectivity index (χ4n) is 3.11. The van der Waals surface area contributed by atoms with Crippen LogP contribution in [0.4, 0.5) is 4.39 Å². The molecule has 1 aliphatic heterocycles. The number of benzene rings is 2. The van der Waals surface area contributed by atoms with E-state index in [1.165, 1.54) is 17.7 Å². The highest BCUT2D eigenvalue weighted by atomic mass is 19.1. The quantitative estimate of drug-likeness (QED) is 0.846. The Morgan fingerprint density at radius 3 is 1.92 bits per heavy atom. The molecule has 5 heteroatoms. The molecule has 0 aliphatic carbocycles. The van der Waals surface area contributed by atoms with Crippen molar-refractivity contribution in [1.29, 1.82) is 0 Å². The highest BCUT2D eigenvalue weighted by Gasteiger charge is 2.26. The van der Waals surface area contributed by atoms with Gasteiger partial charge >= 0.3 is 0 Å². The van der Waals surface area contributed by atoms with Crippen LogP contribution < -0.4 is 0 Å². The molecule has 136 valence electrons. The van der Waals surface area contributed by atoms with Crippen LogP contribution in [0.5, 0.6) is 0 Å². The van der Waals surface area contributed by atoms with E-state index in [-0.39, 0.29) is 17.4 Å². The molecule has 0 aromatic heterocycles. The lowest BCUT2D eigenvalue weighted by molar-refractivity contribution is 0.0533. The van der Waals surface area contributed by atoms with Crippen LogP contribution in [0, 0.1) is 5.82 Å². The van der Waals surface area contributed by atoms with E-state index < -0.39 is 5.82 Å². The summed E-state index contributed by atoms with van der Waals surface area (Å²) in [5.41, 5.74) is 1.93. The molecule has 1 aliphatic rings. The Hall–Kier alpha value is -2.69. The number of carbonyl (C=O) groups excluding carboxylic acids is 2. The Morgan fingerprint density at radius 1 is 0.846 bits per heavy atom. The van der Waals surface area contributed by atoms with Crippen molar-refractivity contribution in [3.8, 4) is 0 Å². The van der Waals surface area contributed by atoms with Crippen molar-refractivity contribution in [3.63, 3.8) is 0 Å². The molecule has 0 atom stereocenters. The summed E-state index contributed by atoms with van der Waals surface area (Å²) in [4.78, 5) is 28.4.